The monoisotopic (exact) mass is 412 g/mol. The summed E-state index contributed by atoms with van der Waals surface area (Å²) in [5.41, 5.74) is 0.133. The molecule has 1 N–H and O–H groups in total. The molecule has 8 nitrogen and oxygen atoms in total. The van der Waals surface area contributed by atoms with E-state index in [4.69, 9.17) is 4.74 Å². The molecule has 0 saturated heterocycles. The van der Waals surface area contributed by atoms with Crippen molar-refractivity contribution in [3.8, 4) is 5.75 Å². The van der Waals surface area contributed by atoms with Crippen LogP contribution in [0.2, 0.25) is 0 Å². The maximum absolute atomic E-state index is 12.8. The lowest BCUT2D eigenvalue weighted by atomic mass is 9.86. The number of ether oxygens (including phenoxy) is 1. The topological polar surface area (TPSA) is 94.8 Å². The van der Waals surface area contributed by atoms with E-state index in [1.807, 2.05) is 20.8 Å². The van der Waals surface area contributed by atoms with Crippen LogP contribution < -0.4 is 10.1 Å². The molecule has 2 aromatic heterocycles. The number of nitrogens with one attached hydrogen (secondary N) is 1. The Morgan fingerprint density at radius 2 is 2.03 bits per heavy atom. The van der Waals surface area contributed by atoms with Gasteiger partial charge in [-0.05, 0) is 34.6 Å². The fraction of sp³-hybridized carbons (Fsp3) is 0.611. The smallest absolute Gasteiger partial charge is 0.422 e. The molecular formula is C18H23F3N6O2. The van der Waals surface area contributed by atoms with E-state index in [9.17, 15) is 18.0 Å². The average molecular weight is 412 g/mol. The second kappa shape index (κ2) is 7.60. The number of halogens is 3. The SMILES string of the molecule is Cn1nnnc1[C@@H](NC(=O)c1cc(OCC(F)(F)F)c(C2CC2)cn1)C(C)(C)C. The quantitative estimate of drug-likeness (QED) is 0.784. The summed E-state index contributed by atoms with van der Waals surface area (Å²) in [6.45, 7) is 4.31. The zero-order chi connectivity index (χ0) is 21.4. The number of aryl methyl sites for hydroxylation is 1. The Kier molecular flexibility index (Phi) is 5.50. The molecule has 1 saturated carbocycles. The van der Waals surface area contributed by atoms with Crippen molar-refractivity contribution in [3.63, 3.8) is 0 Å². The Morgan fingerprint density at radius 3 is 2.55 bits per heavy atom. The molecule has 2 heterocycles. The van der Waals surface area contributed by atoms with Crippen LogP contribution in [0.5, 0.6) is 5.75 Å². The number of aromatic nitrogens is 5. The minimum atomic E-state index is -4.47. The van der Waals surface area contributed by atoms with Gasteiger partial charge in [-0.25, -0.2) is 4.68 Å². The zero-order valence-corrected chi connectivity index (χ0v) is 16.6. The molecule has 1 aliphatic rings. The maximum Gasteiger partial charge on any atom is 0.422 e. The predicted octanol–water partition coefficient (Wildman–Crippen LogP) is 2.94. The molecule has 0 unspecified atom stereocenters. The molecular weight excluding hydrogens is 389 g/mol. The van der Waals surface area contributed by atoms with E-state index >= 15 is 0 Å². The Labute approximate surface area is 165 Å². The first kappa shape index (κ1) is 21.0. The number of alkyl halides is 3. The number of hydrogen-bond acceptors (Lipinski definition) is 6. The zero-order valence-electron chi connectivity index (χ0n) is 16.6. The average Bonchev–Trinajstić information content (AvgIpc) is 3.37. The summed E-state index contributed by atoms with van der Waals surface area (Å²) in [4.78, 5) is 17.0. The second-order valence-electron chi connectivity index (χ2n) is 8.22. The first-order valence-corrected chi connectivity index (χ1v) is 9.18. The number of pyridine rings is 1. The van der Waals surface area contributed by atoms with Gasteiger partial charge in [0.2, 0.25) is 0 Å². The minimum Gasteiger partial charge on any atom is -0.484 e. The van der Waals surface area contributed by atoms with Crippen molar-refractivity contribution in [2.45, 2.75) is 51.7 Å². The van der Waals surface area contributed by atoms with E-state index in [1.165, 1.54) is 16.9 Å². The third-order valence-corrected chi connectivity index (χ3v) is 4.59. The largest absolute Gasteiger partial charge is 0.484 e. The van der Waals surface area contributed by atoms with Crippen LogP contribution >= 0.6 is 0 Å². The van der Waals surface area contributed by atoms with E-state index < -0.39 is 30.1 Å². The van der Waals surface area contributed by atoms with Gasteiger partial charge in [-0.3, -0.25) is 9.78 Å². The van der Waals surface area contributed by atoms with Crippen molar-refractivity contribution in [2.75, 3.05) is 6.61 Å². The molecule has 0 aromatic carbocycles. The van der Waals surface area contributed by atoms with Crippen molar-refractivity contribution in [1.29, 1.82) is 0 Å². The first-order valence-electron chi connectivity index (χ1n) is 9.18. The molecule has 158 valence electrons. The third kappa shape index (κ3) is 5.21. The maximum atomic E-state index is 12.8. The Hall–Kier alpha value is -2.72. The number of amides is 1. The van der Waals surface area contributed by atoms with Gasteiger partial charge in [-0.2, -0.15) is 13.2 Å². The van der Waals surface area contributed by atoms with Crippen LogP contribution in [0.3, 0.4) is 0 Å². The van der Waals surface area contributed by atoms with Gasteiger partial charge in [-0.1, -0.05) is 20.8 Å². The molecule has 1 amide bonds. The molecule has 29 heavy (non-hydrogen) atoms. The summed E-state index contributed by atoms with van der Waals surface area (Å²) in [5.74, 6) is 0.0635. The molecule has 1 atom stereocenters. The van der Waals surface area contributed by atoms with Gasteiger partial charge in [0.25, 0.3) is 5.91 Å². The summed E-state index contributed by atoms with van der Waals surface area (Å²) in [5, 5.41) is 14.2. The summed E-state index contributed by atoms with van der Waals surface area (Å²) in [6.07, 6.45) is -1.32. The van der Waals surface area contributed by atoms with Gasteiger partial charge in [-0.15, -0.1) is 5.10 Å². The normalized spacial score (nSPS) is 15.8. The molecule has 11 heteroatoms. The number of nitrogens with zero attached hydrogens (tertiary/aromatic N) is 5. The highest BCUT2D eigenvalue weighted by atomic mass is 19.4. The van der Waals surface area contributed by atoms with E-state index in [0.29, 0.717) is 11.4 Å². The minimum absolute atomic E-state index is 0.0315. The van der Waals surface area contributed by atoms with Crippen LogP contribution in [-0.4, -0.2) is 43.9 Å². The fourth-order valence-electron chi connectivity index (χ4n) is 2.91. The Bertz CT molecular complexity index is 886. The Balaban J connectivity index is 1.85. The molecule has 0 spiro atoms. The van der Waals surface area contributed by atoms with Gasteiger partial charge in [0.15, 0.2) is 12.4 Å². The lowest BCUT2D eigenvalue weighted by Gasteiger charge is -2.30. The highest BCUT2D eigenvalue weighted by Gasteiger charge is 2.34. The summed E-state index contributed by atoms with van der Waals surface area (Å²) < 4.78 is 44.2. The van der Waals surface area contributed by atoms with Crippen LogP contribution in [-0.2, 0) is 7.05 Å². The lowest BCUT2D eigenvalue weighted by Crippen LogP contribution is -2.38. The molecule has 1 aliphatic carbocycles. The molecule has 0 aliphatic heterocycles. The van der Waals surface area contributed by atoms with Crippen LogP contribution in [0.4, 0.5) is 13.2 Å². The van der Waals surface area contributed by atoms with Crippen molar-refractivity contribution < 1.29 is 22.7 Å². The number of carbonyl (C=O) groups excluding carboxylic acids is 1. The molecule has 0 radical (unpaired) electrons. The summed E-state index contributed by atoms with van der Waals surface area (Å²) in [7, 11) is 1.66. The van der Waals surface area contributed by atoms with E-state index in [0.717, 1.165) is 12.8 Å². The molecule has 1 fully saturated rings. The highest BCUT2D eigenvalue weighted by molar-refractivity contribution is 5.93. The van der Waals surface area contributed by atoms with Crippen LogP contribution in [0.1, 0.15) is 67.4 Å². The third-order valence-electron chi connectivity index (χ3n) is 4.59. The lowest BCUT2D eigenvalue weighted by molar-refractivity contribution is -0.153. The van der Waals surface area contributed by atoms with Crippen molar-refractivity contribution >= 4 is 5.91 Å². The van der Waals surface area contributed by atoms with Gasteiger partial charge in [0, 0.05) is 24.9 Å². The fourth-order valence-corrected chi connectivity index (χ4v) is 2.91. The number of tetrazole rings is 1. The van der Waals surface area contributed by atoms with Gasteiger partial charge in [0.1, 0.15) is 11.4 Å². The van der Waals surface area contributed by atoms with Crippen LogP contribution in [0.25, 0.3) is 0 Å². The molecule has 2 aromatic rings. The number of carbonyl (C=O) groups is 1. The van der Waals surface area contributed by atoms with Crippen molar-refractivity contribution in [2.24, 2.45) is 12.5 Å². The van der Waals surface area contributed by atoms with Crippen LogP contribution in [0.15, 0.2) is 12.3 Å². The van der Waals surface area contributed by atoms with Gasteiger partial charge in [0.05, 0.1) is 6.04 Å². The second-order valence-corrected chi connectivity index (χ2v) is 8.22. The molecule has 0 bridgehead atoms. The van der Waals surface area contributed by atoms with Gasteiger partial charge < -0.3 is 10.1 Å². The number of rotatable bonds is 6. The first-order chi connectivity index (χ1) is 13.5. The summed E-state index contributed by atoms with van der Waals surface area (Å²) >= 11 is 0. The van der Waals surface area contributed by atoms with E-state index in [2.05, 4.69) is 25.8 Å². The Morgan fingerprint density at radius 1 is 1.34 bits per heavy atom. The number of hydrogen-bond donors (Lipinski definition) is 1. The van der Waals surface area contributed by atoms with E-state index in [1.54, 1.807) is 7.05 Å². The van der Waals surface area contributed by atoms with Crippen molar-refractivity contribution in [3.05, 3.63) is 29.3 Å². The molecule has 3 rings (SSSR count). The standard InChI is InChI=1S/C18H23F3N6O2/c1-17(2,3)14(15-24-25-26-27(15)4)23-16(28)12-7-13(29-9-18(19,20)21)11(8-22-12)10-5-6-10/h7-8,10,14H,5-6,9H2,1-4H3,(H,23,28)/t14-/m1/s1. The summed E-state index contributed by atoms with van der Waals surface area (Å²) in [6, 6.07) is 0.725. The van der Waals surface area contributed by atoms with Crippen molar-refractivity contribution in [1.82, 2.24) is 30.5 Å². The predicted molar refractivity (Wildman–Crippen MR) is 96.2 cm³/mol. The van der Waals surface area contributed by atoms with Crippen LogP contribution in [0, 0.1) is 5.41 Å². The van der Waals surface area contributed by atoms with Gasteiger partial charge >= 0.3 is 6.18 Å². The van der Waals surface area contributed by atoms with E-state index in [-0.39, 0.29) is 17.4 Å². The highest BCUT2D eigenvalue weighted by Crippen LogP contribution is 2.44.